The van der Waals surface area contributed by atoms with Crippen LogP contribution in [0, 0.1) is 5.41 Å². The Kier molecular flexibility index (Phi) is 17.2. The summed E-state index contributed by atoms with van der Waals surface area (Å²) in [5.41, 5.74) is -0.261. The second-order valence-electron chi connectivity index (χ2n) is 11.5. The van der Waals surface area contributed by atoms with Gasteiger partial charge in [0.2, 0.25) is 5.91 Å². The number of esters is 1. The van der Waals surface area contributed by atoms with Gasteiger partial charge in [0.15, 0.2) is 6.10 Å². The minimum atomic E-state index is -1.76. The molecule has 1 rings (SSSR count). The molecular weight excluding hydrogens is 520 g/mol. The van der Waals surface area contributed by atoms with Gasteiger partial charge in [-0.1, -0.05) is 78.4 Å². The number of carbonyl (C=O) groups excluding carboxylic acids is 3. The lowest BCUT2D eigenvalue weighted by atomic mass is 9.94. The highest BCUT2D eigenvalue weighted by Gasteiger charge is 2.37. The van der Waals surface area contributed by atoms with Crippen molar-refractivity contribution in [3.63, 3.8) is 0 Å². The van der Waals surface area contributed by atoms with Crippen LogP contribution in [-0.2, 0) is 28.6 Å². The molecule has 40 heavy (non-hydrogen) atoms. The van der Waals surface area contributed by atoms with Crippen LogP contribution >= 0.6 is 0 Å². The molecule has 6 atom stereocenters. The first-order chi connectivity index (χ1) is 18.9. The highest BCUT2D eigenvalue weighted by atomic mass is 16.6. The zero-order chi connectivity index (χ0) is 30.1. The zero-order valence-electron chi connectivity index (χ0n) is 24.9. The van der Waals surface area contributed by atoms with Crippen LogP contribution in [0.25, 0.3) is 0 Å². The Bertz CT molecular complexity index is 784. The van der Waals surface area contributed by atoms with Gasteiger partial charge < -0.3 is 40.2 Å². The molecule has 0 unspecified atom stereocenters. The SMILES string of the molecule is CCCCCCCCCOCC(=O)O[C@@H]1CC[C@H](NC(=O)[C@H](OC)[C@H](O)[C@@H](O)[C@H](O)C=CC(C)(C)C)C(=O)NC1. The number of rotatable bonds is 18. The quantitative estimate of drug-likeness (QED) is 0.0935. The molecular formula is C29H52N2O9. The van der Waals surface area contributed by atoms with Crippen LogP contribution < -0.4 is 10.6 Å². The third-order valence-corrected chi connectivity index (χ3v) is 6.64. The lowest BCUT2D eigenvalue weighted by Gasteiger charge is -2.28. The van der Waals surface area contributed by atoms with Crippen LogP contribution in [0.4, 0.5) is 0 Å². The van der Waals surface area contributed by atoms with Crippen molar-refractivity contribution in [2.75, 3.05) is 26.9 Å². The second-order valence-corrected chi connectivity index (χ2v) is 11.5. The number of allylic oxidation sites excluding steroid dienone is 1. The van der Waals surface area contributed by atoms with E-state index in [1.807, 2.05) is 20.8 Å². The van der Waals surface area contributed by atoms with Crippen molar-refractivity contribution in [2.24, 2.45) is 5.41 Å². The summed E-state index contributed by atoms with van der Waals surface area (Å²) in [4.78, 5) is 37.5. The molecule has 0 saturated carbocycles. The summed E-state index contributed by atoms with van der Waals surface area (Å²) in [6.45, 7) is 8.32. The molecule has 1 aliphatic rings. The van der Waals surface area contributed by atoms with Gasteiger partial charge in [-0.25, -0.2) is 4.79 Å². The summed E-state index contributed by atoms with van der Waals surface area (Å²) in [5, 5.41) is 36.2. The summed E-state index contributed by atoms with van der Waals surface area (Å²) < 4.78 is 15.9. The molecule has 232 valence electrons. The maximum atomic E-state index is 12.8. The first-order valence-corrected chi connectivity index (χ1v) is 14.5. The van der Waals surface area contributed by atoms with Crippen LogP contribution in [-0.4, -0.2) is 96.5 Å². The molecule has 11 nitrogen and oxygen atoms in total. The van der Waals surface area contributed by atoms with Gasteiger partial charge >= 0.3 is 5.97 Å². The number of amides is 2. The van der Waals surface area contributed by atoms with E-state index in [0.29, 0.717) is 13.0 Å². The summed E-state index contributed by atoms with van der Waals surface area (Å²) in [6, 6.07) is -0.961. The van der Waals surface area contributed by atoms with Gasteiger partial charge in [-0.3, -0.25) is 9.59 Å². The van der Waals surface area contributed by atoms with Crippen LogP contribution in [0.3, 0.4) is 0 Å². The van der Waals surface area contributed by atoms with Crippen LogP contribution in [0.2, 0.25) is 0 Å². The van der Waals surface area contributed by atoms with Gasteiger partial charge in [0.25, 0.3) is 5.91 Å². The number of ether oxygens (including phenoxy) is 3. The number of nitrogens with one attached hydrogen (secondary N) is 2. The number of unbranched alkanes of at least 4 members (excludes halogenated alkanes) is 6. The minimum Gasteiger partial charge on any atom is -0.459 e. The Morgan fingerprint density at radius 1 is 1.05 bits per heavy atom. The van der Waals surface area contributed by atoms with Crippen molar-refractivity contribution in [3.05, 3.63) is 12.2 Å². The molecule has 0 radical (unpaired) electrons. The topological polar surface area (TPSA) is 164 Å². The van der Waals surface area contributed by atoms with Crippen molar-refractivity contribution >= 4 is 17.8 Å². The molecule has 1 saturated heterocycles. The Morgan fingerprint density at radius 2 is 1.70 bits per heavy atom. The fourth-order valence-corrected chi connectivity index (χ4v) is 4.24. The van der Waals surface area contributed by atoms with E-state index in [0.717, 1.165) is 19.3 Å². The molecule has 1 heterocycles. The molecule has 0 bridgehead atoms. The average molecular weight is 573 g/mol. The van der Waals surface area contributed by atoms with E-state index in [-0.39, 0.29) is 25.0 Å². The van der Waals surface area contributed by atoms with Crippen LogP contribution in [0.15, 0.2) is 12.2 Å². The van der Waals surface area contributed by atoms with Crippen LogP contribution in [0.5, 0.6) is 0 Å². The lowest BCUT2D eigenvalue weighted by molar-refractivity contribution is -0.154. The van der Waals surface area contributed by atoms with Gasteiger partial charge in [-0.15, -0.1) is 0 Å². The molecule has 1 aliphatic heterocycles. The smallest absolute Gasteiger partial charge is 0.332 e. The molecule has 2 amide bonds. The van der Waals surface area contributed by atoms with E-state index >= 15 is 0 Å². The van der Waals surface area contributed by atoms with Gasteiger partial charge in [0, 0.05) is 13.7 Å². The van der Waals surface area contributed by atoms with Gasteiger partial charge in [0.1, 0.15) is 37.1 Å². The normalized spacial score (nSPS) is 21.2. The number of carbonyl (C=O) groups is 3. The van der Waals surface area contributed by atoms with E-state index in [2.05, 4.69) is 17.6 Å². The minimum absolute atomic E-state index is 0.0933. The average Bonchev–Trinajstić information content (AvgIpc) is 3.06. The van der Waals surface area contributed by atoms with E-state index in [4.69, 9.17) is 14.2 Å². The number of hydrogen-bond donors (Lipinski definition) is 5. The molecule has 0 aliphatic carbocycles. The van der Waals surface area contributed by atoms with E-state index < -0.39 is 54.3 Å². The summed E-state index contributed by atoms with van der Waals surface area (Å²) in [5.74, 6) is -1.81. The Labute approximate surface area is 239 Å². The summed E-state index contributed by atoms with van der Waals surface area (Å²) in [7, 11) is 1.18. The Hall–Kier alpha value is -2.05. The largest absolute Gasteiger partial charge is 0.459 e. The molecule has 1 fully saturated rings. The standard InChI is InChI=1S/C29H52N2O9/c1-6-7-8-9-10-11-12-17-39-19-23(33)40-20-13-14-21(27(36)30-18-20)31-28(37)26(38-5)25(35)24(34)22(32)15-16-29(2,3)4/h15-16,20-22,24-26,32,34-35H,6-14,17-19H2,1-5H3,(H,30,36)(H,31,37)/t20-,21+,22-,24+,25-,26-/m1/s1. The number of hydrogen-bond acceptors (Lipinski definition) is 9. The predicted octanol–water partition coefficient (Wildman–Crippen LogP) is 1.76. The first-order valence-electron chi connectivity index (χ1n) is 14.5. The van der Waals surface area contributed by atoms with Crippen molar-refractivity contribution in [2.45, 2.75) is 122 Å². The molecule has 0 aromatic rings. The van der Waals surface area contributed by atoms with E-state index in [9.17, 15) is 29.7 Å². The lowest BCUT2D eigenvalue weighted by Crippen LogP contribution is -2.55. The second kappa shape index (κ2) is 19.1. The number of methoxy groups -OCH3 is 1. The summed E-state index contributed by atoms with van der Waals surface area (Å²) in [6.07, 6.45) is 4.59. The van der Waals surface area contributed by atoms with Crippen molar-refractivity contribution in [3.8, 4) is 0 Å². The Morgan fingerprint density at radius 3 is 2.33 bits per heavy atom. The molecule has 0 spiro atoms. The fraction of sp³-hybridized carbons (Fsp3) is 0.828. The molecule has 11 heteroatoms. The van der Waals surface area contributed by atoms with Crippen molar-refractivity contribution < 1.29 is 43.9 Å². The third-order valence-electron chi connectivity index (χ3n) is 6.64. The number of aliphatic hydroxyl groups is 3. The summed E-state index contributed by atoms with van der Waals surface area (Å²) >= 11 is 0. The van der Waals surface area contributed by atoms with E-state index in [1.54, 1.807) is 6.08 Å². The first kappa shape index (κ1) is 36.0. The Balaban J connectivity index is 2.48. The number of aliphatic hydroxyl groups excluding tert-OH is 3. The monoisotopic (exact) mass is 572 g/mol. The predicted molar refractivity (Wildman–Crippen MR) is 150 cm³/mol. The molecule has 5 N–H and O–H groups in total. The maximum Gasteiger partial charge on any atom is 0.332 e. The fourth-order valence-electron chi connectivity index (χ4n) is 4.24. The molecule has 0 aromatic carbocycles. The van der Waals surface area contributed by atoms with Gasteiger partial charge in [0.05, 0.1) is 6.54 Å². The molecule has 0 aromatic heterocycles. The van der Waals surface area contributed by atoms with Crippen molar-refractivity contribution in [1.82, 2.24) is 10.6 Å². The van der Waals surface area contributed by atoms with Crippen molar-refractivity contribution in [1.29, 1.82) is 0 Å². The zero-order valence-corrected chi connectivity index (χ0v) is 24.9. The van der Waals surface area contributed by atoms with Gasteiger partial charge in [-0.2, -0.15) is 0 Å². The highest BCUT2D eigenvalue weighted by Crippen LogP contribution is 2.17. The van der Waals surface area contributed by atoms with E-state index in [1.165, 1.54) is 38.9 Å². The van der Waals surface area contributed by atoms with Gasteiger partial charge in [-0.05, 0) is 24.7 Å². The van der Waals surface area contributed by atoms with Crippen LogP contribution in [0.1, 0.15) is 85.5 Å². The third kappa shape index (κ3) is 14.5. The maximum absolute atomic E-state index is 12.8. The highest BCUT2D eigenvalue weighted by molar-refractivity contribution is 5.89.